The molecule has 0 aromatic heterocycles. The monoisotopic (exact) mass is 910 g/mol. The molecule has 0 aliphatic heterocycles. The molecule has 0 N–H and O–H groups in total. The number of rotatable bonds is 8. The highest BCUT2D eigenvalue weighted by Gasteiger charge is 2.47. The maximum absolute atomic E-state index is 10.6. The van der Waals surface area contributed by atoms with E-state index in [0.29, 0.717) is 11.1 Å². The fraction of sp³-hybridized carbons (Fsp3) is 0.0588. The standard InChI is InChI=1S/C68H49N/c1-67(2)60-29-16-14-27-57(60)58-44-42-54(45-63(58)67)69(64-32-18-31-62-66(64)59-28-15-17-30-61(59)68(62,51-22-8-4-9-23-51)52-24-10-5-11-25-52)53-40-37-49(38-41-53)56-43-39-48-21-12-13-26-55(48)65(56)50-35-33-47(34-36-50)46-19-6-3-7-20-46/h3-45H,1-2H3/i1D3,2D3,4D,5D,8D,9D,10D,11D,14D,15D,16D,17D,18D,22D,23D,24D,25D,27D,28D,29D,30D,31D,32D,42D,44D,45D. The van der Waals surface area contributed by atoms with Crippen LogP contribution in [0.2, 0.25) is 0 Å². The van der Waals surface area contributed by atoms with Crippen LogP contribution in [0.15, 0.2) is 260 Å². The molecule has 0 heterocycles. The van der Waals surface area contributed by atoms with Crippen LogP contribution in [0.25, 0.3) is 66.4 Å². The summed E-state index contributed by atoms with van der Waals surface area (Å²) in [5.74, 6) is 0. The molecule has 0 unspecified atom stereocenters. The van der Waals surface area contributed by atoms with Crippen molar-refractivity contribution in [2.45, 2.75) is 24.5 Å². The third-order valence-electron chi connectivity index (χ3n) is 12.9. The minimum absolute atomic E-state index is 0.360. The Morgan fingerprint density at radius 3 is 1.71 bits per heavy atom. The van der Waals surface area contributed by atoms with Crippen LogP contribution in [0.3, 0.4) is 0 Å². The number of hydrogen-bond donors (Lipinski definition) is 0. The van der Waals surface area contributed by atoms with Crippen molar-refractivity contribution in [3.8, 4) is 55.6 Å². The van der Waals surface area contributed by atoms with E-state index in [1.165, 1.54) is 24.3 Å². The molecule has 0 atom stereocenters. The van der Waals surface area contributed by atoms with Crippen molar-refractivity contribution in [3.63, 3.8) is 0 Å². The molecule has 2 aliphatic carbocycles. The van der Waals surface area contributed by atoms with Gasteiger partial charge in [0.2, 0.25) is 0 Å². The van der Waals surface area contributed by atoms with Gasteiger partial charge in [0.25, 0.3) is 0 Å². The summed E-state index contributed by atoms with van der Waals surface area (Å²) in [6.45, 7) is -7.94. The van der Waals surface area contributed by atoms with Crippen LogP contribution in [0, 0.1) is 0 Å². The topological polar surface area (TPSA) is 3.24 Å². The smallest absolute Gasteiger partial charge is 0.0714 e. The Hall–Kier alpha value is -8.52. The summed E-state index contributed by atoms with van der Waals surface area (Å²) in [5, 5.41) is 1.63. The van der Waals surface area contributed by atoms with Gasteiger partial charge in [0.05, 0.1) is 44.0 Å². The summed E-state index contributed by atoms with van der Waals surface area (Å²) in [5.41, 5.74) is -14.9. The van der Waals surface area contributed by atoms with Crippen LogP contribution < -0.4 is 4.90 Å². The second-order valence-electron chi connectivity index (χ2n) is 16.5. The lowest BCUT2D eigenvalue weighted by Gasteiger charge is -2.34. The van der Waals surface area contributed by atoms with E-state index in [1.807, 2.05) is 91.0 Å². The predicted molar refractivity (Wildman–Crippen MR) is 290 cm³/mol. The summed E-state index contributed by atoms with van der Waals surface area (Å²) in [6.07, 6.45) is 0. The van der Waals surface area contributed by atoms with E-state index in [0.717, 1.165) is 37.9 Å². The predicted octanol–water partition coefficient (Wildman–Crippen LogP) is 18.0. The van der Waals surface area contributed by atoms with E-state index in [9.17, 15) is 30.2 Å². The molecule has 1 heteroatoms. The Balaban J connectivity index is 1.24. The molecule has 1 nitrogen and oxygen atoms in total. The number of fused-ring (bicyclic) bond motifs is 7. The quantitative estimate of drug-likeness (QED) is 0.147. The average Bonchev–Trinajstić information content (AvgIpc) is 1.52. The zero-order valence-corrected chi connectivity index (χ0v) is 35.9. The molecule has 0 fully saturated rings. The van der Waals surface area contributed by atoms with E-state index >= 15 is 0 Å². The van der Waals surface area contributed by atoms with E-state index in [2.05, 4.69) is 0 Å². The summed E-state index contributed by atoms with van der Waals surface area (Å²) < 4.78 is 284. The lowest BCUT2D eigenvalue weighted by Crippen LogP contribution is -2.28. The Kier molecular flexibility index (Phi) is 4.75. The molecule has 69 heavy (non-hydrogen) atoms. The molecule has 11 aromatic carbocycles. The Morgan fingerprint density at radius 1 is 0.377 bits per heavy atom. The molecule has 0 saturated heterocycles. The molecular formula is C68H49N. The molecule has 0 saturated carbocycles. The van der Waals surface area contributed by atoms with Gasteiger partial charge in [-0.05, 0) is 124 Å². The molecule has 0 radical (unpaired) electrons. The number of nitrogens with zero attached hydrogens (tertiary/aromatic N) is 1. The zero-order valence-electron chi connectivity index (χ0n) is 65.9. The minimum atomic E-state index is -3.97. The van der Waals surface area contributed by atoms with Crippen molar-refractivity contribution in [2.24, 2.45) is 0 Å². The van der Waals surface area contributed by atoms with Gasteiger partial charge < -0.3 is 4.90 Å². The SMILES string of the molecule is [2H]c1c([2H])c([2H])c(C2(c3c([2H])c([2H])c([2H])c([2H])c3[2H])c3c([2H])c([2H])c([2H])c([2H])c3-c3c(N(c4ccc(-c5ccc6ccccc6c5-c5ccc(-c6ccccc6)cc5)cc4)c4c([2H])c([2H])c5c(c4[2H])C(C([2H])([2H])[2H])(C([2H])([2H])[2H])c4c([2H])c([2H])c([2H])c([2H])c4-5)c([2H])c([2H])c([2H])c32)c([2H])c1[2H]. The fourth-order valence-electron chi connectivity index (χ4n) is 9.82. The molecule has 0 spiro atoms. The minimum Gasteiger partial charge on any atom is -0.310 e. The van der Waals surface area contributed by atoms with Gasteiger partial charge >= 0.3 is 0 Å². The lowest BCUT2D eigenvalue weighted by molar-refractivity contribution is 0.660. The van der Waals surface area contributed by atoms with Gasteiger partial charge in [0.15, 0.2) is 0 Å². The second kappa shape index (κ2) is 16.1. The zero-order chi connectivity index (χ0) is 72.0. The third kappa shape index (κ3) is 6.31. The lowest BCUT2D eigenvalue weighted by atomic mass is 9.68. The molecule has 2 aliphatic rings. The van der Waals surface area contributed by atoms with E-state index in [-0.39, 0.29) is 5.69 Å². The average molecular weight is 910 g/mol. The van der Waals surface area contributed by atoms with Gasteiger partial charge in [-0.3, -0.25) is 0 Å². The summed E-state index contributed by atoms with van der Waals surface area (Å²) in [6, 6.07) is 6.73. The van der Waals surface area contributed by atoms with E-state index in [4.69, 9.17) is 11.0 Å². The number of anilines is 3. The van der Waals surface area contributed by atoms with Crippen LogP contribution >= 0.6 is 0 Å². The molecular weight excluding hydrogens is 831 g/mol. The summed E-state index contributed by atoms with van der Waals surface area (Å²) >= 11 is 0. The van der Waals surface area contributed by atoms with Crippen molar-refractivity contribution in [1.82, 2.24) is 0 Å². The highest BCUT2D eigenvalue weighted by Crippen LogP contribution is 2.60. The summed E-state index contributed by atoms with van der Waals surface area (Å²) in [4.78, 5) is 0.780. The van der Waals surface area contributed by atoms with E-state index < -0.39 is 237 Å². The summed E-state index contributed by atoms with van der Waals surface area (Å²) in [7, 11) is 0. The van der Waals surface area contributed by atoms with Crippen LogP contribution in [-0.4, -0.2) is 0 Å². The molecule has 11 aromatic rings. The largest absolute Gasteiger partial charge is 0.310 e. The highest BCUT2D eigenvalue weighted by atomic mass is 15.1. The molecule has 13 rings (SSSR count). The molecule has 326 valence electrons. The number of hydrogen-bond acceptors (Lipinski definition) is 1. The Bertz CT molecular complexity index is 5250. The first-order valence-corrected chi connectivity index (χ1v) is 21.7. The van der Waals surface area contributed by atoms with Crippen molar-refractivity contribution >= 4 is 27.8 Å². The third-order valence-corrected chi connectivity index (χ3v) is 12.9. The first-order chi connectivity index (χ1) is 46.5. The van der Waals surface area contributed by atoms with Crippen LogP contribution in [0.1, 0.15) is 88.2 Å². The van der Waals surface area contributed by atoms with Crippen molar-refractivity contribution in [1.29, 1.82) is 0 Å². The first-order valence-electron chi connectivity index (χ1n) is 36.7. The fourth-order valence-corrected chi connectivity index (χ4v) is 9.82. The van der Waals surface area contributed by atoms with Gasteiger partial charge in [-0.2, -0.15) is 0 Å². The molecule has 0 bridgehead atoms. The maximum Gasteiger partial charge on any atom is 0.0714 e. The van der Waals surface area contributed by atoms with Gasteiger partial charge in [-0.15, -0.1) is 0 Å². The van der Waals surface area contributed by atoms with Gasteiger partial charge in [-0.1, -0.05) is 244 Å². The Morgan fingerprint density at radius 2 is 0.971 bits per heavy atom. The van der Waals surface area contributed by atoms with Gasteiger partial charge in [0.1, 0.15) is 0 Å². The second-order valence-corrected chi connectivity index (χ2v) is 16.5. The van der Waals surface area contributed by atoms with Crippen molar-refractivity contribution in [3.05, 3.63) is 294 Å². The molecule has 0 amide bonds. The van der Waals surface area contributed by atoms with Crippen LogP contribution in [-0.2, 0) is 10.8 Å². The number of benzene rings is 11. The van der Waals surface area contributed by atoms with Gasteiger partial charge in [-0.25, -0.2) is 0 Å². The maximum atomic E-state index is 10.6. The van der Waals surface area contributed by atoms with Gasteiger partial charge in [0, 0.05) is 30.6 Å². The Labute approximate surface area is 447 Å². The van der Waals surface area contributed by atoms with Crippen LogP contribution in [0.4, 0.5) is 17.1 Å². The normalized spacial score (nSPS) is 20.1. The van der Waals surface area contributed by atoms with Crippen LogP contribution in [0.5, 0.6) is 0 Å². The first kappa shape index (κ1) is 20.4. The highest BCUT2D eigenvalue weighted by molar-refractivity contribution is 6.05. The van der Waals surface area contributed by atoms with E-state index in [1.54, 1.807) is 0 Å². The van der Waals surface area contributed by atoms with Crippen molar-refractivity contribution in [2.75, 3.05) is 4.90 Å². The van der Waals surface area contributed by atoms with Crippen molar-refractivity contribution < 1.29 is 41.1 Å².